The van der Waals surface area contributed by atoms with Crippen LogP contribution in [-0.4, -0.2) is 20.3 Å². The van der Waals surface area contributed by atoms with Gasteiger partial charge in [-0.3, -0.25) is 0 Å². The SMILES string of the molecule is CC(C)SC(O)c1ccncn1. The van der Waals surface area contributed by atoms with Crippen LogP contribution in [0.5, 0.6) is 0 Å². The molecule has 12 heavy (non-hydrogen) atoms. The van der Waals surface area contributed by atoms with Crippen LogP contribution < -0.4 is 0 Å². The van der Waals surface area contributed by atoms with Crippen molar-refractivity contribution in [3.8, 4) is 0 Å². The van der Waals surface area contributed by atoms with Crippen molar-refractivity contribution in [3.63, 3.8) is 0 Å². The molecule has 1 atom stereocenters. The Labute approximate surface area is 76.2 Å². The van der Waals surface area contributed by atoms with Crippen molar-refractivity contribution in [2.24, 2.45) is 0 Å². The average Bonchev–Trinajstić information content (AvgIpc) is 2.05. The Morgan fingerprint density at radius 1 is 1.50 bits per heavy atom. The van der Waals surface area contributed by atoms with Gasteiger partial charge in [-0.2, -0.15) is 0 Å². The minimum absolute atomic E-state index is 0.398. The largest absolute Gasteiger partial charge is 0.376 e. The first-order chi connectivity index (χ1) is 5.70. The lowest BCUT2D eigenvalue weighted by Gasteiger charge is -2.11. The highest BCUT2D eigenvalue weighted by Gasteiger charge is 2.10. The van der Waals surface area contributed by atoms with Crippen LogP contribution in [0.4, 0.5) is 0 Å². The fourth-order valence-electron chi connectivity index (χ4n) is 0.775. The maximum absolute atomic E-state index is 9.56. The van der Waals surface area contributed by atoms with Crippen LogP contribution in [0.15, 0.2) is 18.6 Å². The number of hydrogen-bond donors (Lipinski definition) is 1. The van der Waals surface area contributed by atoms with E-state index < -0.39 is 5.44 Å². The summed E-state index contributed by atoms with van der Waals surface area (Å²) in [7, 11) is 0. The molecule has 1 aromatic rings. The molecule has 0 amide bonds. The van der Waals surface area contributed by atoms with Gasteiger partial charge in [0.25, 0.3) is 0 Å². The second-order valence-electron chi connectivity index (χ2n) is 2.67. The van der Waals surface area contributed by atoms with Gasteiger partial charge >= 0.3 is 0 Å². The highest BCUT2D eigenvalue weighted by molar-refractivity contribution is 7.99. The Bertz CT molecular complexity index is 228. The minimum atomic E-state index is -0.534. The Balaban J connectivity index is 2.59. The summed E-state index contributed by atoms with van der Waals surface area (Å²) in [6.45, 7) is 4.07. The van der Waals surface area contributed by atoms with Gasteiger partial charge < -0.3 is 5.11 Å². The quantitative estimate of drug-likeness (QED) is 0.725. The van der Waals surface area contributed by atoms with Gasteiger partial charge in [-0.15, -0.1) is 11.8 Å². The van der Waals surface area contributed by atoms with E-state index in [1.807, 2.05) is 13.8 Å². The third-order valence-corrected chi connectivity index (χ3v) is 2.30. The summed E-state index contributed by atoms with van der Waals surface area (Å²) in [4.78, 5) is 7.73. The molecule has 0 aliphatic heterocycles. The van der Waals surface area contributed by atoms with Crippen molar-refractivity contribution in [1.29, 1.82) is 0 Å². The highest BCUT2D eigenvalue weighted by atomic mass is 32.2. The Hall–Kier alpha value is -0.610. The topological polar surface area (TPSA) is 46.0 Å². The van der Waals surface area contributed by atoms with Gasteiger partial charge in [0, 0.05) is 11.4 Å². The molecule has 1 rings (SSSR count). The van der Waals surface area contributed by atoms with E-state index in [9.17, 15) is 5.11 Å². The van der Waals surface area contributed by atoms with Gasteiger partial charge in [-0.1, -0.05) is 13.8 Å². The van der Waals surface area contributed by atoms with Crippen LogP contribution in [0.25, 0.3) is 0 Å². The van der Waals surface area contributed by atoms with Gasteiger partial charge in [-0.05, 0) is 6.07 Å². The molecule has 0 radical (unpaired) electrons. The molecule has 0 aromatic carbocycles. The van der Waals surface area contributed by atoms with E-state index in [0.29, 0.717) is 10.9 Å². The number of nitrogens with zero attached hydrogens (tertiary/aromatic N) is 2. The molecule has 0 saturated heterocycles. The fraction of sp³-hybridized carbons (Fsp3) is 0.500. The summed E-state index contributed by atoms with van der Waals surface area (Å²) in [5.74, 6) is 0. The highest BCUT2D eigenvalue weighted by Crippen LogP contribution is 2.27. The van der Waals surface area contributed by atoms with E-state index in [-0.39, 0.29) is 0 Å². The van der Waals surface area contributed by atoms with Crippen molar-refractivity contribution < 1.29 is 5.11 Å². The van der Waals surface area contributed by atoms with Crippen LogP contribution in [0.2, 0.25) is 0 Å². The number of aliphatic hydroxyl groups excluding tert-OH is 1. The minimum Gasteiger partial charge on any atom is -0.376 e. The van der Waals surface area contributed by atoms with Gasteiger partial charge in [-0.25, -0.2) is 9.97 Å². The molecule has 1 heterocycles. The summed E-state index contributed by atoms with van der Waals surface area (Å²) in [5.41, 5.74) is 0.136. The van der Waals surface area contributed by atoms with Crippen molar-refractivity contribution in [2.75, 3.05) is 0 Å². The first kappa shape index (κ1) is 9.48. The Morgan fingerprint density at radius 2 is 2.25 bits per heavy atom. The van der Waals surface area contributed by atoms with E-state index in [2.05, 4.69) is 9.97 Å². The molecule has 3 nitrogen and oxygen atoms in total. The van der Waals surface area contributed by atoms with E-state index in [0.717, 1.165) is 0 Å². The van der Waals surface area contributed by atoms with Gasteiger partial charge in [0.1, 0.15) is 11.8 Å². The molecular weight excluding hydrogens is 172 g/mol. The summed E-state index contributed by atoms with van der Waals surface area (Å²) < 4.78 is 0. The number of aliphatic hydroxyl groups is 1. The second-order valence-corrected chi connectivity index (χ2v) is 4.33. The summed E-state index contributed by atoms with van der Waals surface area (Å²) in [5, 5.41) is 9.96. The molecule has 0 aliphatic rings. The van der Waals surface area contributed by atoms with Crippen LogP contribution in [0, 0.1) is 0 Å². The molecule has 1 aromatic heterocycles. The third kappa shape index (κ3) is 2.79. The molecule has 0 spiro atoms. The van der Waals surface area contributed by atoms with Crippen LogP contribution in [-0.2, 0) is 0 Å². The average molecular weight is 184 g/mol. The molecule has 66 valence electrons. The molecule has 4 heteroatoms. The first-order valence-corrected chi connectivity index (χ1v) is 4.74. The smallest absolute Gasteiger partial charge is 0.142 e. The van der Waals surface area contributed by atoms with E-state index in [1.165, 1.54) is 18.1 Å². The zero-order valence-electron chi connectivity index (χ0n) is 7.14. The predicted molar refractivity (Wildman–Crippen MR) is 49.7 cm³/mol. The van der Waals surface area contributed by atoms with Crippen molar-refractivity contribution >= 4 is 11.8 Å². The van der Waals surface area contributed by atoms with E-state index in [1.54, 1.807) is 12.3 Å². The molecular formula is C8H12N2OS. The zero-order valence-corrected chi connectivity index (χ0v) is 7.95. The van der Waals surface area contributed by atoms with Crippen LogP contribution in [0.3, 0.4) is 0 Å². The lowest BCUT2D eigenvalue weighted by atomic mass is 10.4. The third-order valence-electron chi connectivity index (χ3n) is 1.26. The maximum atomic E-state index is 9.56. The molecule has 0 aliphatic carbocycles. The molecule has 1 unspecified atom stereocenters. The monoisotopic (exact) mass is 184 g/mol. The summed E-state index contributed by atoms with van der Waals surface area (Å²) >= 11 is 1.47. The standard InChI is InChI=1S/C8H12N2OS/c1-6(2)12-8(11)7-3-4-9-5-10-7/h3-6,8,11H,1-2H3. The van der Waals surface area contributed by atoms with Gasteiger partial charge in [0.05, 0.1) is 5.69 Å². The lowest BCUT2D eigenvalue weighted by molar-refractivity contribution is 0.264. The predicted octanol–water partition coefficient (Wildman–Crippen LogP) is 1.61. The van der Waals surface area contributed by atoms with Crippen molar-refractivity contribution in [1.82, 2.24) is 9.97 Å². The Morgan fingerprint density at radius 3 is 2.75 bits per heavy atom. The number of rotatable bonds is 3. The number of aromatic nitrogens is 2. The van der Waals surface area contributed by atoms with Crippen molar-refractivity contribution in [2.45, 2.75) is 24.5 Å². The zero-order chi connectivity index (χ0) is 8.97. The number of hydrogen-bond acceptors (Lipinski definition) is 4. The van der Waals surface area contributed by atoms with Crippen LogP contribution in [0.1, 0.15) is 25.0 Å². The maximum Gasteiger partial charge on any atom is 0.142 e. The van der Waals surface area contributed by atoms with Gasteiger partial charge in [0.2, 0.25) is 0 Å². The van der Waals surface area contributed by atoms with Crippen LogP contribution >= 0.6 is 11.8 Å². The Kier molecular flexibility index (Phi) is 3.49. The second kappa shape index (κ2) is 4.42. The summed E-state index contributed by atoms with van der Waals surface area (Å²) in [6.07, 6.45) is 3.08. The van der Waals surface area contributed by atoms with E-state index >= 15 is 0 Å². The number of thioether (sulfide) groups is 1. The molecule has 0 fully saturated rings. The van der Waals surface area contributed by atoms with Gasteiger partial charge in [0.15, 0.2) is 0 Å². The molecule has 0 saturated carbocycles. The normalized spacial score (nSPS) is 13.3. The first-order valence-electron chi connectivity index (χ1n) is 3.79. The van der Waals surface area contributed by atoms with Crippen molar-refractivity contribution in [3.05, 3.63) is 24.3 Å². The summed E-state index contributed by atoms with van der Waals surface area (Å²) in [6, 6.07) is 1.72. The fourth-order valence-corrected chi connectivity index (χ4v) is 1.57. The molecule has 1 N–H and O–H groups in total. The molecule has 0 bridgehead atoms. The van der Waals surface area contributed by atoms with E-state index in [4.69, 9.17) is 0 Å². The lowest BCUT2D eigenvalue weighted by Crippen LogP contribution is -2.00.